The van der Waals surface area contributed by atoms with E-state index in [-0.39, 0.29) is 591 Å². The average molecular weight is 1300 g/mol. The molecular weight excluding hydrogens is 1170 g/mol. The van der Waals surface area contributed by atoms with E-state index in [2.05, 4.69) is 0 Å². The molecule has 0 saturated carbocycles. The summed E-state index contributed by atoms with van der Waals surface area (Å²) >= 11 is 0. The Kier molecular flexibility index (Phi) is 1720000. The van der Waals surface area contributed by atoms with Crippen molar-refractivity contribution in [2.24, 2.45) is 0 Å². The first-order valence-electron chi connectivity index (χ1n) is 0. The van der Waals surface area contributed by atoms with Crippen LogP contribution in [0.25, 0.3) is 0 Å². The van der Waals surface area contributed by atoms with Crippen LogP contribution in [-0.4, -0.2) is 591 Å². The second kappa shape index (κ2) is 10400. The predicted molar refractivity (Wildman–Crippen MR) is 256 cm³/mol. The molecule has 0 atom stereocenters. The van der Waals surface area contributed by atoms with Gasteiger partial charge in [0.2, 0.25) is 0 Å². The maximum absolute atomic E-state index is 0. The van der Waals surface area contributed by atoms with Crippen molar-refractivity contribution in [3.8, 4) is 0 Å². The molecule has 498 valence electrons. The molecule has 0 aliphatic carbocycles. The Morgan fingerprint density at radius 3 is 0.0303 bits per heavy atom. The number of hydrogen-bond donors (Lipinski definition) is 0. The van der Waals surface area contributed by atoms with E-state index in [4.69, 9.17) is 0 Å². The molecule has 122 N–H and O–H groups in total. The maximum atomic E-state index is 0. The molecule has 0 heterocycles. The molecule has 0 saturated heterocycles. The van der Waals surface area contributed by atoms with Crippen molar-refractivity contribution >= 4 is 257 Å². The summed E-state index contributed by atoms with van der Waals surface area (Å²) in [5.74, 6) is 0. The summed E-state index contributed by atoms with van der Waals surface area (Å²) in [5.41, 5.74) is 0. The first-order chi connectivity index (χ1) is 0. The Morgan fingerprint density at radius 2 is 0.0303 bits per heavy atom. The number of rotatable bonds is 0. The zero-order chi connectivity index (χ0) is 0. The molecule has 0 bridgehead atoms. The van der Waals surface area contributed by atoms with Crippen LogP contribution in [0.15, 0.2) is 0 Å². The van der Waals surface area contributed by atoms with E-state index in [9.17, 15) is 0 Å². The van der Waals surface area contributed by atoms with Gasteiger partial charge in [-0.15, -0.1) is 0 Å². The molecule has 61 nitrogen and oxygen atoms in total. The third-order valence-electron chi connectivity index (χ3n) is 0. The van der Waals surface area contributed by atoms with Gasteiger partial charge in [-0.1, -0.05) is 0 Å². The van der Waals surface area contributed by atoms with Crippen LogP contribution < -0.4 is 0 Å². The molecular formula is H127K5O61. The summed E-state index contributed by atoms with van der Waals surface area (Å²) in [6.45, 7) is 0. The Balaban J connectivity index is 0. The molecule has 0 unspecified atom stereocenters. The van der Waals surface area contributed by atoms with Crippen molar-refractivity contribution in [2.45, 2.75) is 0 Å². The molecule has 0 aromatic rings. The monoisotopic (exact) mass is 1300 g/mol. The fourth-order valence-electron chi connectivity index (χ4n) is 0. The second-order valence-corrected chi connectivity index (χ2v) is 0. The topological polar surface area (TPSA) is 1920 Å². The van der Waals surface area contributed by atoms with Gasteiger partial charge in [0.25, 0.3) is 0 Å². The molecule has 66 heteroatoms. The molecule has 0 fully saturated rings. The van der Waals surface area contributed by atoms with Gasteiger partial charge in [-0.25, -0.2) is 0 Å². The van der Waals surface area contributed by atoms with E-state index in [1.54, 1.807) is 0 Å². The van der Waals surface area contributed by atoms with Gasteiger partial charge in [0, 0.05) is 0 Å². The summed E-state index contributed by atoms with van der Waals surface area (Å²) < 4.78 is 0. The van der Waals surface area contributed by atoms with Crippen molar-refractivity contribution in [3.63, 3.8) is 0 Å². The molecule has 66 heavy (non-hydrogen) atoms. The summed E-state index contributed by atoms with van der Waals surface area (Å²) in [6, 6.07) is 0. The van der Waals surface area contributed by atoms with Gasteiger partial charge >= 0.3 is 257 Å². The minimum absolute atomic E-state index is 0. The Morgan fingerprint density at radius 1 is 0.0303 bits per heavy atom. The van der Waals surface area contributed by atoms with Gasteiger partial charge in [0.1, 0.15) is 0 Å². The molecule has 0 aliphatic rings. The van der Waals surface area contributed by atoms with E-state index < -0.39 is 0 Å². The molecule has 0 aromatic carbocycles. The Labute approximate surface area is 580 Å². The van der Waals surface area contributed by atoms with E-state index in [0.717, 1.165) is 0 Å². The molecule has 0 radical (unpaired) electrons. The molecule has 0 aromatic heterocycles. The van der Waals surface area contributed by atoms with Gasteiger partial charge in [-0.05, 0) is 0 Å². The third-order valence-corrected chi connectivity index (χ3v) is 0. The van der Waals surface area contributed by atoms with Crippen LogP contribution in [-0.2, 0) is 0 Å². The Hall–Kier alpha value is 5.74. The van der Waals surface area contributed by atoms with Crippen molar-refractivity contribution in [1.29, 1.82) is 0 Å². The van der Waals surface area contributed by atoms with Gasteiger partial charge in [-0.3, -0.25) is 0 Å². The molecule has 0 amide bonds. The van der Waals surface area contributed by atoms with E-state index in [0.29, 0.717) is 0 Å². The van der Waals surface area contributed by atoms with Crippen molar-refractivity contribution in [2.75, 3.05) is 0 Å². The van der Waals surface area contributed by atoms with Crippen LogP contribution >= 0.6 is 0 Å². The quantitative estimate of drug-likeness (QED) is 0.204. The first kappa shape index (κ1) is 10900. The van der Waals surface area contributed by atoms with Crippen LogP contribution in [0.2, 0.25) is 0 Å². The summed E-state index contributed by atoms with van der Waals surface area (Å²) in [5, 5.41) is 0. The van der Waals surface area contributed by atoms with E-state index in [1.165, 1.54) is 0 Å². The van der Waals surface area contributed by atoms with Gasteiger partial charge < -0.3 is 334 Å². The zero-order valence-corrected chi connectivity index (χ0v) is 30.5. The van der Waals surface area contributed by atoms with Crippen molar-refractivity contribution in [3.05, 3.63) is 0 Å². The van der Waals surface area contributed by atoms with Gasteiger partial charge in [-0.2, -0.15) is 0 Å². The van der Waals surface area contributed by atoms with E-state index >= 15 is 0 Å². The van der Waals surface area contributed by atoms with Crippen LogP contribution in [0.3, 0.4) is 0 Å². The third kappa shape index (κ3) is 10000. The number of hydrogen-bond acceptors (Lipinski definition) is 0. The standard InChI is InChI=1S/5K.61H2O.5H/h;;;;;61*1H2;;;;;. The van der Waals surface area contributed by atoms with Crippen LogP contribution in [0.1, 0.15) is 0 Å². The fourth-order valence-corrected chi connectivity index (χ4v) is 0. The normalized spacial score (nSPS) is 0. The SMILES string of the molecule is O.O.O.O.O.O.O.O.O.O.O.O.O.O.O.O.O.O.O.O.O.O.O.O.O.O.O.O.O.O.O.O.O.O.O.O.O.O.O.O.O.O.O.O.O.O.O.O.O.O.O.O.O.O.O.O.O.O.O.O.O.[KH].[KH].[KH].[KH].[KH]. The molecule has 0 rings (SSSR count). The molecule has 0 aliphatic heterocycles. The van der Waals surface area contributed by atoms with E-state index in [1.807, 2.05) is 0 Å². The van der Waals surface area contributed by atoms with Gasteiger partial charge in [0.15, 0.2) is 0 Å². The predicted octanol–water partition coefficient (Wildman–Crippen LogP) is -53.5. The minimum atomic E-state index is 0. The van der Waals surface area contributed by atoms with Crippen molar-refractivity contribution < 1.29 is 334 Å². The fraction of sp³-hybridized carbons (Fsp3) is 0. The van der Waals surface area contributed by atoms with Crippen LogP contribution in [0, 0.1) is 0 Å². The average Bonchev–Trinajstić information content (AvgIpc) is 0. The van der Waals surface area contributed by atoms with Crippen molar-refractivity contribution in [1.82, 2.24) is 0 Å². The molecule has 0 spiro atoms. The summed E-state index contributed by atoms with van der Waals surface area (Å²) in [6.07, 6.45) is 0. The summed E-state index contributed by atoms with van der Waals surface area (Å²) in [4.78, 5) is 0. The first-order valence-corrected chi connectivity index (χ1v) is 0. The van der Waals surface area contributed by atoms with Crippen LogP contribution in [0.5, 0.6) is 0 Å². The Bertz CT molecular complexity index is 25.5. The van der Waals surface area contributed by atoms with Crippen LogP contribution in [0.4, 0.5) is 0 Å². The second-order valence-electron chi connectivity index (χ2n) is 0. The zero-order valence-electron chi connectivity index (χ0n) is 30.5. The van der Waals surface area contributed by atoms with Gasteiger partial charge in [0.05, 0.1) is 0 Å². The summed E-state index contributed by atoms with van der Waals surface area (Å²) in [7, 11) is 0.